The van der Waals surface area contributed by atoms with Crippen LogP contribution >= 0.6 is 0 Å². The fourth-order valence-corrected chi connectivity index (χ4v) is 6.79. The molecule has 0 aliphatic heterocycles. The second-order valence-electron chi connectivity index (χ2n) is 12.0. The third-order valence-corrected chi connectivity index (χ3v) is 9.08. The molecule has 0 atom stereocenters. The summed E-state index contributed by atoms with van der Waals surface area (Å²) in [7, 11) is 0. The molecule has 1 aromatic heterocycles. The van der Waals surface area contributed by atoms with Crippen LogP contribution in [0.15, 0.2) is 152 Å². The van der Waals surface area contributed by atoms with Crippen LogP contribution in [0.3, 0.4) is 0 Å². The Morgan fingerprint density at radius 2 is 1.00 bits per heavy atom. The SMILES string of the molecule is CC1(C)c2ccccc2-c2ccc(-c3cc(-c4ccc5ccccc5c4)cc(-c4ccccc4-c4ccccc4)n3)cc21. The highest BCUT2D eigenvalue weighted by Gasteiger charge is 2.35. The standard InChI is InChI=1S/C42H31N/c1-42(2)38-19-11-10-17-35(38)36-23-22-32(25-39(36)42)40-26-33(31-21-20-28-12-6-7-15-30(28)24-31)27-41(43-40)37-18-9-8-16-34(37)29-13-4-3-5-14-29/h3-27H,1-2H3. The van der Waals surface area contributed by atoms with Crippen molar-refractivity contribution >= 4 is 10.8 Å². The van der Waals surface area contributed by atoms with Gasteiger partial charge in [0.25, 0.3) is 0 Å². The quantitative estimate of drug-likeness (QED) is 0.213. The second kappa shape index (κ2) is 9.93. The Bertz CT molecular complexity index is 2150. The summed E-state index contributed by atoms with van der Waals surface area (Å²) in [5.41, 5.74) is 14.3. The number of rotatable bonds is 4. The fourth-order valence-electron chi connectivity index (χ4n) is 6.79. The van der Waals surface area contributed by atoms with Gasteiger partial charge in [-0.1, -0.05) is 141 Å². The van der Waals surface area contributed by atoms with E-state index in [1.165, 1.54) is 49.7 Å². The van der Waals surface area contributed by atoms with Crippen molar-refractivity contribution in [2.24, 2.45) is 0 Å². The van der Waals surface area contributed by atoms with Crippen LogP contribution in [0.4, 0.5) is 0 Å². The second-order valence-corrected chi connectivity index (χ2v) is 12.0. The van der Waals surface area contributed by atoms with Gasteiger partial charge in [-0.3, -0.25) is 0 Å². The van der Waals surface area contributed by atoms with E-state index in [1.807, 2.05) is 0 Å². The number of hydrogen-bond acceptors (Lipinski definition) is 1. The summed E-state index contributed by atoms with van der Waals surface area (Å²) in [6, 6.07) is 54.8. The molecule has 1 nitrogen and oxygen atoms in total. The molecule has 0 N–H and O–H groups in total. The van der Waals surface area contributed by atoms with Crippen molar-refractivity contribution in [2.45, 2.75) is 19.3 Å². The van der Waals surface area contributed by atoms with Crippen molar-refractivity contribution in [3.8, 4) is 55.9 Å². The summed E-state index contributed by atoms with van der Waals surface area (Å²) < 4.78 is 0. The minimum absolute atomic E-state index is 0.0688. The highest BCUT2D eigenvalue weighted by molar-refractivity contribution is 5.90. The minimum Gasteiger partial charge on any atom is -0.248 e. The number of aromatic nitrogens is 1. The third kappa shape index (κ3) is 4.28. The zero-order valence-corrected chi connectivity index (χ0v) is 24.4. The van der Waals surface area contributed by atoms with Crippen molar-refractivity contribution in [3.05, 3.63) is 163 Å². The molecule has 1 heteroatoms. The van der Waals surface area contributed by atoms with Gasteiger partial charge in [-0.05, 0) is 79.5 Å². The van der Waals surface area contributed by atoms with Crippen LogP contribution in [0.5, 0.6) is 0 Å². The van der Waals surface area contributed by atoms with Crippen molar-refractivity contribution < 1.29 is 0 Å². The Hall–Kier alpha value is -5.27. The highest BCUT2D eigenvalue weighted by atomic mass is 14.7. The Morgan fingerprint density at radius 1 is 0.372 bits per heavy atom. The number of nitrogens with zero attached hydrogens (tertiary/aromatic N) is 1. The van der Waals surface area contributed by atoms with Gasteiger partial charge in [-0.15, -0.1) is 0 Å². The van der Waals surface area contributed by atoms with E-state index in [9.17, 15) is 0 Å². The largest absolute Gasteiger partial charge is 0.248 e. The summed E-state index contributed by atoms with van der Waals surface area (Å²) in [5.74, 6) is 0. The van der Waals surface area contributed by atoms with Crippen LogP contribution in [-0.4, -0.2) is 4.98 Å². The minimum atomic E-state index is -0.0688. The van der Waals surface area contributed by atoms with Crippen molar-refractivity contribution in [3.63, 3.8) is 0 Å². The first-order chi connectivity index (χ1) is 21.1. The summed E-state index contributed by atoms with van der Waals surface area (Å²) in [5, 5.41) is 2.48. The molecule has 8 rings (SSSR count). The topological polar surface area (TPSA) is 12.9 Å². The van der Waals surface area contributed by atoms with Gasteiger partial charge in [0.2, 0.25) is 0 Å². The zero-order valence-electron chi connectivity index (χ0n) is 24.4. The maximum absolute atomic E-state index is 5.37. The van der Waals surface area contributed by atoms with E-state index < -0.39 is 0 Å². The van der Waals surface area contributed by atoms with E-state index in [2.05, 4.69) is 166 Å². The van der Waals surface area contributed by atoms with E-state index in [0.717, 1.165) is 28.1 Å². The average molecular weight is 550 g/mol. The smallest absolute Gasteiger partial charge is 0.0721 e. The van der Waals surface area contributed by atoms with Crippen LogP contribution in [0, 0.1) is 0 Å². The molecular formula is C42H31N. The molecule has 0 amide bonds. The molecule has 6 aromatic carbocycles. The molecule has 0 unspecified atom stereocenters. The third-order valence-electron chi connectivity index (χ3n) is 9.08. The molecule has 1 heterocycles. The predicted molar refractivity (Wildman–Crippen MR) is 181 cm³/mol. The maximum atomic E-state index is 5.37. The maximum Gasteiger partial charge on any atom is 0.0721 e. The Morgan fingerprint density at radius 3 is 1.84 bits per heavy atom. The van der Waals surface area contributed by atoms with E-state index in [0.29, 0.717) is 0 Å². The molecule has 1 aliphatic carbocycles. The van der Waals surface area contributed by atoms with Crippen LogP contribution in [-0.2, 0) is 5.41 Å². The molecule has 0 bridgehead atoms. The van der Waals surface area contributed by atoms with Crippen molar-refractivity contribution in [1.82, 2.24) is 4.98 Å². The molecule has 0 fully saturated rings. The lowest BCUT2D eigenvalue weighted by Crippen LogP contribution is -2.14. The van der Waals surface area contributed by atoms with Crippen molar-refractivity contribution in [2.75, 3.05) is 0 Å². The van der Waals surface area contributed by atoms with E-state index >= 15 is 0 Å². The lowest BCUT2D eigenvalue weighted by molar-refractivity contribution is 0.660. The molecule has 204 valence electrons. The highest BCUT2D eigenvalue weighted by Crippen LogP contribution is 2.49. The summed E-state index contributed by atoms with van der Waals surface area (Å²) in [6.07, 6.45) is 0. The molecule has 0 saturated heterocycles. The van der Waals surface area contributed by atoms with E-state index in [4.69, 9.17) is 4.98 Å². The summed E-state index contributed by atoms with van der Waals surface area (Å²) >= 11 is 0. The van der Waals surface area contributed by atoms with Crippen LogP contribution < -0.4 is 0 Å². The molecule has 0 spiro atoms. The zero-order chi connectivity index (χ0) is 29.0. The van der Waals surface area contributed by atoms with Gasteiger partial charge in [0.1, 0.15) is 0 Å². The number of fused-ring (bicyclic) bond motifs is 4. The molecule has 1 aliphatic rings. The monoisotopic (exact) mass is 549 g/mol. The lowest BCUT2D eigenvalue weighted by atomic mass is 9.82. The molecule has 7 aromatic rings. The molecule has 0 radical (unpaired) electrons. The van der Waals surface area contributed by atoms with Gasteiger partial charge in [-0.2, -0.15) is 0 Å². The van der Waals surface area contributed by atoms with Crippen LogP contribution in [0.1, 0.15) is 25.0 Å². The number of hydrogen-bond donors (Lipinski definition) is 0. The van der Waals surface area contributed by atoms with Crippen molar-refractivity contribution in [1.29, 1.82) is 0 Å². The molecule has 43 heavy (non-hydrogen) atoms. The predicted octanol–water partition coefficient (Wildman–Crippen LogP) is 11.2. The van der Waals surface area contributed by atoms with E-state index in [-0.39, 0.29) is 5.41 Å². The normalized spacial score (nSPS) is 13.1. The van der Waals surface area contributed by atoms with Gasteiger partial charge >= 0.3 is 0 Å². The fraction of sp³-hybridized carbons (Fsp3) is 0.0714. The van der Waals surface area contributed by atoms with Gasteiger partial charge in [-0.25, -0.2) is 4.98 Å². The summed E-state index contributed by atoms with van der Waals surface area (Å²) in [6.45, 7) is 4.67. The van der Waals surface area contributed by atoms with Crippen LogP contribution in [0.2, 0.25) is 0 Å². The number of benzene rings is 6. The van der Waals surface area contributed by atoms with Gasteiger partial charge in [0.15, 0.2) is 0 Å². The average Bonchev–Trinajstić information content (AvgIpc) is 3.30. The first kappa shape index (κ1) is 25.4. The summed E-state index contributed by atoms with van der Waals surface area (Å²) in [4.78, 5) is 5.37. The Labute approximate surface area is 253 Å². The molecular weight excluding hydrogens is 518 g/mol. The van der Waals surface area contributed by atoms with Gasteiger partial charge < -0.3 is 0 Å². The van der Waals surface area contributed by atoms with E-state index in [1.54, 1.807) is 0 Å². The first-order valence-corrected chi connectivity index (χ1v) is 15.0. The number of pyridine rings is 1. The Kier molecular flexibility index (Phi) is 5.87. The van der Waals surface area contributed by atoms with Crippen LogP contribution in [0.25, 0.3) is 66.7 Å². The first-order valence-electron chi connectivity index (χ1n) is 15.0. The molecule has 0 saturated carbocycles. The Balaban J connectivity index is 1.34. The van der Waals surface area contributed by atoms with Gasteiger partial charge in [0.05, 0.1) is 11.4 Å². The lowest BCUT2D eigenvalue weighted by Gasteiger charge is -2.22. The van der Waals surface area contributed by atoms with Gasteiger partial charge in [0, 0.05) is 16.5 Å².